The number of rotatable bonds is 12. The molecule has 2 rings (SSSR count). The maximum atomic E-state index is 5.92. The van der Waals surface area contributed by atoms with Gasteiger partial charge in [-0.25, -0.2) is 9.78 Å². The van der Waals surface area contributed by atoms with Crippen molar-refractivity contribution < 1.29 is 13.3 Å². The zero-order valence-electron chi connectivity index (χ0n) is 15.4. The first kappa shape index (κ1) is 20.1. The van der Waals surface area contributed by atoms with Crippen molar-refractivity contribution in [3.8, 4) is 0 Å². The number of H-pyrrole nitrogens is 1. The van der Waals surface area contributed by atoms with Crippen LogP contribution in [0.25, 0.3) is 0 Å². The highest BCUT2D eigenvalue weighted by Crippen LogP contribution is 2.19. The molecule has 0 aliphatic rings. The molecule has 12 nitrogen and oxygen atoms in total. The van der Waals surface area contributed by atoms with E-state index in [1.54, 1.807) is 4.68 Å². The molecule has 0 aromatic carbocycles. The summed E-state index contributed by atoms with van der Waals surface area (Å²) in [5, 5.41) is 13.5. The Kier molecular flexibility index (Phi) is 7.32. The first-order valence-electron chi connectivity index (χ1n) is 8.59. The smallest absolute Gasteiger partial charge is 0.374 e. The fourth-order valence-corrected chi connectivity index (χ4v) is 5.04. The van der Waals surface area contributed by atoms with Gasteiger partial charge in [0.25, 0.3) is 11.9 Å². The van der Waals surface area contributed by atoms with Crippen molar-refractivity contribution in [3.05, 3.63) is 0 Å². The maximum absolute atomic E-state index is 5.92. The van der Waals surface area contributed by atoms with Gasteiger partial charge in [-0.2, -0.15) is 9.97 Å². The van der Waals surface area contributed by atoms with E-state index in [9.17, 15) is 0 Å². The van der Waals surface area contributed by atoms with Gasteiger partial charge in [-0.3, -0.25) is 5.32 Å². The van der Waals surface area contributed by atoms with Gasteiger partial charge < -0.3 is 24.7 Å². The number of aryl methyl sites for hydroxylation is 1. The normalized spacial score (nSPS) is 11.8. The molecule has 0 saturated carbocycles. The third-order valence-corrected chi connectivity index (χ3v) is 6.52. The zero-order chi connectivity index (χ0) is 19.0. The fraction of sp³-hybridized carbons (Fsp3) is 0.692. The third kappa shape index (κ3) is 5.39. The van der Waals surface area contributed by atoms with Crippen LogP contribution < -0.4 is 16.8 Å². The van der Waals surface area contributed by atoms with Gasteiger partial charge in [-0.1, -0.05) is 0 Å². The number of aromatic amines is 1. The predicted octanol–water partition coefficient (Wildman–Crippen LogP) is 0.743. The second kappa shape index (κ2) is 9.47. The number of nitrogen functional groups attached to an aromatic ring is 2. The van der Waals surface area contributed by atoms with Crippen LogP contribution in [0.2, 0.25) is 6.04 Å². The second-order valence-electron chi connectivity index (χ2n) is 5.27. The molecule has 0 bridgehead atoms. The predicted molar refractivity (Wildman–Crippen MR) is 98.6 cm³/mol. The van der Waals surface area contributed by atoms with Gasteiger partial charge in [0.05, 0.1) is 0 Å². The Hall–Kier alpha value is -2.22. The van der Waals surface area contributed by atoms with Crippen LogP contribution in [0.5, 0.6) is 0 Å². The van der Waals surface area contributed by atoms with E-state index < -0.39 is 8.80 Å². The zero-order valence-corrected chi connectivity index (χ0v) is 16.4. The topological polar surface area (TPSA) is 164 Å². The van der Waals surface area contributed by atoms with Crippen LogP contribution >= 0.6 is 0 Å². The van der Waals surface area contributed by atoms with Crippen molar-refractivity contribution in [2.45, 2.75) is 39.8 Å². The van der Waals surface area contributed by atoms with Gasteiger partial charge in [0, 0.05) is 32.4 Å². The molecule has 6 N–H and O–H groups in total. The summed E-state index contributed by atoms with van der Waals surface area (Å²) in [4.78, 5) is 8.07. The van der Waals surface area contributed by atoms with Crippen molar-refractivity contribution in [2.24, 2.45) is 0 Å². The summed E-state index contributed by atoms with van der Waals surface area (Å²) in [5.74, 6) is 1.05. The van der Waals surface area contributed by atoms with E-state index in [1.807, 2.05) is 20.8 Å². The van der Waals surface area contributed by atoms with Crippen molar-refractivity contribution in [2.75, 3.05) is 36.6 Å². The molecule has 26 heavy (non-hydrogen) atoms. The minimum absolute atomic E-state index is 0.198. The average molecular weight is 386 g/mol. The molecular formula is C13H27N9O3Si. The molecule has 0 radical (unpaired) electrons. The molecule has 0 atom stereocenters. The van der Waals surface area contributed by atoms with Crippen LogP contribution in [-0.2, 0) is 19.8 Å². The lowest BCUT2D eigenvalue weighted by molar-refractivity contribution is 0.0704. The Morgan fingerprint density at radius 3 is 2.23 bits per heavy atom. The number of aromatic nitrogens is 6. The molecule has 0 fully saturated rings. The maximum Gasteiger partial charge on any atom is 0.500 e. The molecule has 2 aromatic heterocycles. The lowest BCUT2D eigenvalue weighted by Gasteiger charge is -2.28. The highest BCUT2D eigenvalue weighted by molar-refractivity contribution is 6.60. The number of hydrogen-bond donors (Lipinski definition) is 4. The Labute approximate surface area is 153 Å². The minimum atomic E-state index is -2.67. The Morgan fingerprint density at radius 1 is 1.04 bits per heavy atom. The lowest BCUT2D eigenvalue weighted by Crippen LogP contribution is -2.46. The van der Waals surface area contributed by atoms with Crippen LogP contribution in [0.4, 0.5) is 23.8 Å². The molecule has 0 aliphatic heterocycles. The van der Waals surface area contributed by atoms with Gasteiger partial charge in [-0.05, 0) is 27.2 Å². The minimum Gasteiger partial charge on any atom is -0.374 e. The first-order valence-corrected chi connectivity index (χ1v) is 10.5. The lowest BCUT2D eigenvalue weighted by atomic mass is 10.5. The Bertz CT molecular complexity index is 661. The largest absolute Gasteiger partial charge is 0.500 e. The number of hydrogen-bond acceptors (Lipinski definition) is 10. The highest BCUT2D eigenvalue weighted by atomic mass is 28.4. The van der Waals surface area contributed by atoms with Gasteiger partial charge in [-0.15, -0.1) is 10.2 Å². The van der Waals surface area contributed by atoms with E-state index in [1.165, 1.54) is 0 Å². The molecule has 13 heteroatoms. The van der Waals surface area contributed by atoms with Crippen LogP contribution in [0.1, 0.15) is 27.2 Å². The molecule has 0 amide bonds. The van der Waals surface area contributed by atoms with E-state index in [2.05, 4.69) is 30.6 Å². The van der Waals surface area contributed by atoms with Crippen LogP contribution in [-0.4, -0.2) is 58.6 Å². The summed E-state index contributed by atoms with van der Waals surface area (Å²) < 4.78 is 19.1. The van der Waals surface area contributed by atoms with Crippen LogP contribution in [0, 0.1) is 0 Å². The summed E-state index contributed by atoms with van der Waals surface area (Å²) in [7, 11) is -2.67. The van der Waals surface area contributed by atoms with Crippen molar-refractivity contribution >= 4 is 32.6 Å². The molecule has 0 spiro atoms. The van der Waals surface area contributed by atoms with Gasteiger partial charge >= 0.3 is 8.80 Å². The molecule has 0 aliphatic carbocycles. The molecule has 146 valence electrons. The van der Waals surface area contributed by atoms with Gasteiger partial charge in [0.1, 0.15) is 0 Å². The van der Waals surface area contributed by atoms with Crippen LogP contribution in [0.15, 0.2) is 0 Å². The van der Waals surface area contributed by atoms with E-state index in [0.717, 1.165) is 6.42 Å². The summed E-state index contributed by atoms with van der Waals surface area (Å²) in [6.07, 6.45) is 0.729. The summed E-state index contributed by atoms with van der Waals surface area (Å²) in [6.45, 7) is 8.00. The number of nitrogens with zero attached hydrogens (tertiary/aromatic N) is 5. The first-order chi connectivity index (χ1) is 12.5. The molecule has 2 heterocycles. The van der Waals surface area contributed by atoms with Crippen molar-refractivity contribution in [3.63, 3.8) is 0 Å². The summed E-state index contributed by atoms with van der Waals surface area (Å²) in [5.41, 5.74) is 11.4. The highest BCUT2D eigenvalue weighted by Gasteiger charge is 2.39. The van der Waals surface area contributed by atoms with E-state index >= 15 is 0 Å². The third-order valence-electron chi connectivity index (χ3n) is 3.37. The number of nitrogens with one attached hydrogen (secondary N) is 2. The van der Waals surface area contributed by atoms with Gasteiger partial charge in [0.15, 0.2) is 0 Å². The molecular weight excluding hydrogens is 358 g/mol. The van der Waals surface area contributed by atoms with Crippen molar-refractivity contribution in [1.29, 1.82) is 0 Å². The Balaban J connectivity index is 1.95. The molecule has 2 aromatic rings. The summed E-state index contributed by atoms with van der Waals surface area (Å²) >= 11 is 0. The molecule has 0 unspecified atom stereocenters. The standard InChI is InChI=1S/C13H27N9O3Si/c1-4-23-26(24-5-2,25-6-3)9-7-8-22-11(15)17-13(21-22)18-12-16-10(14)19-20-12/h4-9H2,1-3H3,(H6,14,15,16,17,18,19,20,21). The average Bonchev–Trinajstić information content (AvgIpc) is 3.14. The van der Waals surface area contributed by atoms with E-state index in [4.69, 9.17) is 24.7 Å². The second-order valence-corrected chi connectivity index (χ2v) is 8.00. The molecule has 0 saturated heterocycles. The number of nitrogens with two attached hydrogens (primary N) is 2. The van der Waals surface area contributed by atoms with Crippen molar-refractivity contribution in [1.82, 2.24) is 29.9 Å². The fourth-order valence-electron chi connectivity index (χ4n) is 2.45. The monoisotopic (exact) mass is 385 g/mol. The SMILES string of the molecule is CCO[Si](CCCn1nc(Nc2n[nH]c(N)n2)nc1N)(OCC)OCC. The quantitative estimate of drug-likeness (QED) is 0.383. The Morgan fingerprint density at radius 2 is 1.69 bits per heavy atom. The summed E-state index contributed by atoms with van der Waals surface area (Å²) in [6, 6.07) is 0.669. The van der Waals surface area contributed by atoms with E-state index in [0.29, 0.717) is 38.4 Å². The van der Waals surface area contributed by atoms with Crippen LogP contribution in [0.3, 0.4) is 0 Å². The number of anilines is 4. The van der Waals surface area contributed by atoms with E-state index in [-0.39, 0.29) is 17.8 Å². The van der Waals surface area contributed by atoms with Gasteiger partial charge in [0.2, 0.25) is 11.9 Å².